The minimum absolute atomic E-state index is 0.0840. The summed E-state index contributed by atoms with van der Waals surface area (Å²) in [4.78, 5) is 19.1. The molecule has 0 atom stereocenters. The molecule has 0 saturated heterocycles. The minimum atomic E-state index is -5.01. The van der Waals surface area contributed by atoms with Gasteiger partial charge in [0.25, 0.3) is 0 Å². The summed E-state index contributed by atoms with van der Waals surface area (Å²) in [5.74, 6) is -2.08. The first kappa shape index (κ1) is 18.2. The zero-order valence-electron chi connectivity index (χ0n) is 13.1. The second-order valence-corrected chi connectivity index (χ2v) is 6.49. The van der Waals surface area contributed by atoms with Gasteiger partial charge >= 0.3 is 12.1 Å². The van der Waals surface area contributed by atoms with E-state index in [0.717, 1.165) is 0 Å². The first-order chi connectivity index (χ1) is 11.0. The molecule has 0 aromatic carbocycles. The molecule has 2 heterocycles. The van der Waals surface area contributed by atoms with Gasteiger partial charge in [0.05, 0.1) is 6.54 Å². The lowest BCUT2D eigenvalue weighted by Crippen LogP contribution is -2.31. The quantitative estimate of drug-likeness (QED) is 0.852. The lowest BCUT2D eigenvalue weighted by Gasteiger charge is -2.12. The molecule has 130 valence electrons. The van der Waals surface area contributed by atoms with Crippen LogP contribution in [0.2, 0.25) is 5.15 Å². The molecule has 0 bridgehead atoms. The number of alkyl halides is 3. The van der Waals surface area contributed by atoms with Crippen molar-refractivity contribution in [3.8, 4) is 0 Å². The SMILES string of the molecule is CC(C)(C)c1nc(NC(=O)C(F)(F)F)n(Cc2ccc(Cl)nc2)n1. The van der Waals surface area contributed by atoms with E-state index in [0.29, 0.717) is 16.5 Å². The number of halogens is 4. The molecule has 2 aromatic heterocycles. The van der Waals surface area contributed by atoms with Gasteiger partial charge in [-0.1, -0.05) is 38.4 Å². The molecule has 0 aliphatic rings. The maximum Gasteiger partial charge on any atom is 0.471 e. The van der Waals surface area contributed by atoms with Crippen LogP contribution in [0, 0.1) is 0 Å². The molecule has 2 rings (SSSR count). The third kappa shape index (κ3) is 4.44. The number of carbonyl (C=O) groups excluding carboxylic acids is 1. The van der Waals surface area contributed by atoms with Crippen LogP contribution < -0.4 is 5.32 Å². The van der Waals surface area contributed by atoms with E-state index < -0.39 is 17.5 Å². The van der Waals surface area contributed by atoms with Crippen LogP contribution in [-0.4, -0.2) is 31.8 Å². The van der Waals surface area contributed by atoms with Gasteiger partial charge in [0.2, 0.25) is 5.95 Å². The maximum absolute atomic E-state index is 12.5. The first-order valence-corrected chi connectivity index (χ1v) is 7.28. The average Bonchev–Trinajstić information content (AvgIpc) is 2.83. The highest BCUT2D eigenvalue weighted by Crippen LogP contribution is 2.23. The predicted octanol–water partition coefficient (Wildman–Crippen LogP) is 3.17. The van der Waals surface area contributed by atoms with E-state index >= 15 is 0 Å². The Hall–Kier alpha value is -2.16. The molecule has 1 amide bonds. The van der Waals surface area contributed by atoms with Crippen LogP contribution in [0.1, 0.15) is 32.2 Å². The molecule has 24 heavy (non-hydrogen) atoms. The van der Waals surface area contributed by atoms with Gasteiger partial charge in [0.15, 0.2) is 5.82 Å². The van der Waals surface area contributed by atoms with Crippen LogP contribution in [0.25, 0.3) is 0 Å². The lowest BCUT2D eigenvalue weighted by molar-refractivity contribution is -0.167. The van der Waals surface area contributed by atoms with Crippen molar-refractivity contribution in [2.45, 2.75) is 38.9 Å². The van der Waals surface area contributed by atoms with Gasteiger partial charge in [-0.25, -0.2) is 9.67 Å². The van der Waals surface area contributed by atoms with E-state index in [4.69, 9.17) is 11.6 Å². The van der Waals surface area contributed by atoms with Crippen LogP contribution in [0.4, 0.5) is 19.1 Å². The summed E-state index contributed by atoms with van der Waals surface area (Å²) < 4.78 is 38.6. The summed E-state index contributed by atoms with van der Waals surface area (Å²) in [5.41, 5.74) is 0.147. The first-order valence-electron chi connectivity index (χ1n) is 6.91. The molecule has 0 aliphatic carbocycles. The number of anilines is 1. The lowest BCUT2D eigenvalue weighted by atomic mass is 9.96. The molecular weight excluding hydrogens is 347 g/mol. The average molecular weight is 362 g/mol. The van der Waals surface area contributed by atoms with Crippen molar-refractivity contribution in [3.63, 3.8) is 0 Å². The summed E-state index contributed by atoms with van der Waals surface area (Å²) in [7, 11) is 0. The normalized spacial score (nSPS) is 12.3. The van der Waals surface area contributed by atoms with E-state index in [-0.39, 0.29) is 12.5 Å². The minimum Gasteiger partial charge on any atom is -0.287 e. The fourth-order valence-corrected chi connectivity index (χ4v) is 1.82. The number of pyridine rings is 1. The molecule has 0 fully saturated rings. The monoisotopic (exact) mass is 361 g/mol. The molecule has 0 saturated carbocycles. The molecular formula is C14H15ClF3N5O. The van der Waals surface area contributed by atoms with Gasteiger partial charge in [0, 0.05) is 11.6 Å². The number of nitrogens with zero attached hydrogens (tertiary/aromatic N) is 4. The van der Waals surface area contributed by atoms with Gasteiger partial charge in [0.1, 0.15) is 5.15 Å². The van der Waals surface area contributed by atoms with E-state index in [9.17, 15) is 18.0 Å². The molecule has 0 aliphatic heterocycles. The van der Waals surface area contributed by atoms with Crippen LogP contribution >= 0.6 is 11.6 Å². The Balaban J connectivity index is 2.35. The van der Waals surface area contributed by atoms with Crippen molar-refractivity contribution < 1.29 is 18.0 Å². The molecule has 0 radical (unpaired) electrons. The third-order valence-electron chi connectivity index (χ3n) is 2.95. The highest BCUT2D eigenvalue weighted by atomic mass is 35.5. The van der Waals surface area contributed by atoms with Crippen molar-refractivity contribution in [2.24, 2.45) is 0 Å². The van der Waals surface area contributed by atoms with Crippen molar-refractivity contribution in [3.05, 3.63) is 34.9 Å². The van der Waals surface area contributed by atoms with Crippen molar-refractivity contribution in [1.29, 1.82) is 0 Å². The Morgan fingerprint density at radius 3 is 2.46 bits per heavy atom. The van der Waals surface area contributed by atoms with E-state index in [1.165, 1.54) is 10.9 Å². The number of amides is 1. The number of hydrogen-bond donors (Lipinski definition) is 1. The summed E-state index contributed by atoms with van der Waals surface area (Å²) in [6.45, 7) is 5.52. The fraction of sp³-hybridized carbons (Fsp3) is 0.429. The van der Waals surface area contributed by atoms with E-state index in [1.54, 1.807) is 17.4 Å². The zero-order valence-corrected chi connectivity index (χ0v) is 13.9. The van der Waals surface area contributed by atoms with E-state index in [2.05, 4.69) is 15.1 Å². The molecule has 2 aromatic rings. The summed E-state index contributed by atoms with van der Waals surface area (Å²) in [6, 6.07) is 3.20. The Bertz CT molecular complexity index is 734. The molecule has 1 N–H and O–H groups in total. The van der Waals surface area contributed by atoms with Gasteiger partial charge in [-0.3, -0.25) is 10.1 Å². The summed E-state index contributed by atoms with van der Waals surface area (Å²) in [6.07, 6.45) is -3.55. The molecule has 10 heteroatoms. The van der Waals surface area contributed by atoms with Gasteiger partial charge in [-0.2, -0.15) is 23.3 Å². The fourth-order valence-electron chi connectivity index (χ4n) is 1.71. The number of nitrogens with one attached hydrogen (secondary N) is 1. The highest BCUT2D eigenvalue weighted by Gasteiger charge is 2.39. The highest BCUT2D eigenvalue weighted by molar-refractivity contribution is 6.29. The topological polar surface area (TPSA) is 72.7 Å². The van der Waals surface area contributed by atoms with Crippen LogP contribution in [-0.2, 0) is 16.8 Å². The second-order valence-electron chi connectivity index (χ2n) is 6.11. The predicted molar refractivity (Wildman–Crippen MR) is 81.8 cm³/mol. The van der Waals surface area contributed by atoms with Crippen molar-refractivity contribution in [2.75, 3.05) is 5.32 Å². The molecule has 6 nitrogen and oxygen atoms in total. The van der Waals surface area contributed by atoms with Crippen molar-refractivity contribution in [1.82, 2.24) is 19.7 Å². The van der Waals surface area contributed by atoms with Gasteiger partial charge < -0.3 is 0 Å². The van der Waals surface area contributed by atoms with E-state index in [1.807, 2.05) is 20.8 Å². The Labute approximate surface area is 141 Å². The Kier molecular flexibility index (Phi) is 4.84. The Morgan fingerprint density at radius 2 is 1.96 bits per heavy atom. The number of carbonyl (C=O) groups is 1. The second kappa shape index (κ2) is 6.39. The Morgan fingerprint density at radius 1 is 1.29 bits per heavy atom. The zero-order chi connectivity index (χ0) is 18.1. The largest absolute Gasteiger partial charge is 0.471 e. The van der Waals surface area contributed by atoms with Gasteiger partial charge in [-0.05, 0) is 11.6 Å². The van der Waals surface area contributed by atoms with Crippen LogP contribution in [0.3, 0.4) is 0 Å². The van der Waals surface area contributed by atoms with Crippen LogP contribution in [0.15, 0.2) is 18.3 Å². The molecule has 0 unspecified atom stereocenters. The molecule has 0 spiro atoms. The number of hydrogen-bond acceptors (Lipinski definition) is 4. The summed E-state index contributed by atoms with van der Waals surface area (Å²) >= 11 is 5.70. The number of rotatable bonds is 3. The standard InChI is InChI=1S/C14H15ClF3N5O/c1-13(2,3)10-20-12(21-11(24)14(16,17)18)23(22-10)7-8-4-5-9(15)19-6-8/h4-6H,7H2,1-3H3,(H,20,21,22,24). The number of aromatic nitrogens is 4. The van der Waals surface area contributed by atoms with Crippen LogP contribution in [0.5, 0.6) is 0 Å². The smallest absolute Gasteiger partial charge is 0.287 e. The third-order valence-corrected chi connectivity index (χ3v) is 3.17. The maximum atomic E-state index is 12.5. The van der Waals surface area contributed by atoms with Crippen molar-refractivity contribution >= 4 is 23.5 Å². The summed E-state index contributed by atoms with van der Waals surface area (Å²) in [5, 5.41) is 6.24. The van der Waals surface area contributed by atoms with Gasteiger partial charge in [-0.15, -0.1) is 0 Å².